The Balaban J connectivity index is 1.34. The molecule has 0 spiro atoms. The fourth-order valence-corrected chi connectivity index (χ4v) is 5.47. The first-order chi connectivity index (χ1) is 13.7. The molecule has 4 aromatic rings. The van der Waals surface area contributed by atoms with Crippen molar-refractivity contribution >= 4 is 31.6 Å². The average Bonchev–Trinajstić information content (AvgIpc) is 3.28. The minimum atomic E-state index is 0.738. The molecular weight excluding hydrogens is 364 g/mol. The highest BCUT2D eigenvalue weighted by Crippen LogP contribution is 2.38. The molecule has 1 fully saturated rings. The van der Waals surface area contributed by atoms with Crippen LogP contribution >= 0.6 is 11.3 Å². The zero-order valence-electron chi connectivity index (χ0n) is 16.5. The van der Waals surface area contributed by atoms with Crippen LogP contribution in [-0.2, 0) is 6.54 Å². The van der Waals surface area contributed by atoms with Crippen molar-refractivity contribution in [1.29, 1.82) is 0 Å². The highest BCUT2D eigenvalue weighted by Gasteiger charge is 2.20. The van der Waals surface area contributed by atoms with E-state index >= 15 is 0 Å². The molecule has 5 rings (SSSR count). The van der Waals surface area contributed by atoms with E-state index in [0.717, 1.165) is 23.8 Å². The van der Waals surface area contributed by atoms with Crippen molar-refractivity contribution < 1.29 is 0 Å². The normalized spacial score (nSPS) is 16.5. The van der Waals surface area contributed by atoms with Gasteiger partial charge in [-0.25, -0.2) is 0 Å². The number of aromatic nitrogens is 2. The molecule has 1 aliphatic heterocycles. The summed E-state index contributed by atoms with van der Waals surface area (Å²) in [5.74, 6) is 0. The number of thiophene rings is 1. The molecule has 2 aromatic carbocycles. The molecule has 0 unspecified atom stereocenters. The zero-order chi connectivity index (χ0) is 19.1. The third-order valence-corrected chi connectivity index (χ3v) is 7.19. The van der Waals surface area contributed by atoms with Crippen LogP contribution in [0.1, 0.15) is 18.4 Å². The Bertz CT molecular complexity index is 1080. The Morgan fingerprint density at radius 3 is 2.57 bits per heavy atom. The van der Waals surface area contributed by atoms with Crippen LogP contribution in [0.3, 0.4) is 0 Å². The van der Waals surface area contributed by atoms with Crippen molar-refractivity contribution in [2.45, 2.75) is 25.4 Å². The predicted molar refractivity (Wildman–Crippen MR) is 119 cm³/mol. The van der Waals surface area contributed by atoms with Crippen molar-refractivity contribution in [1.82, 2.24) is 20.0 Å². The smallest absolute Gasteiger partial charge is 0.110 e. The summed E-state index contributed by atoms with van der Waals surface area (Å²) >= 11 is 1.82. The molecule has 28 heavy (non-hydrogen) atoms. The molecule has 0 atom stereocenters. The molecule has 0 radical (unpaired) electrons. The summed E-state index contributed by atoms with van der Waals surface area (Å²) in [6.07, 6.45) is 2.53. The zero-order valence-corrected chi connectivity index (χ0v) is 17.3. The van der Waals surface area contributed by atoms with Gasteiger partial charge in [-0.15, -0.1) is 11.3 Å². The van der Waals surface area contributed by atoms with Crippen LogP contribution < -0.4 is 0 Å². The lowest BCUT2D eigenvalue weighted by Gasteiger charge is -2.35. The Kier molecular flexibility index (Phi) is 4.67. The van der Waals surface area contributed by atoms with Gasteiger partial charge >= 0.3 is 0 Å². The highest BCUT2D eigenvalue weighted by atomic mass is 32.1. The van der Waals surface area contributed by atoms with E-state index in [4.69, 9.17) is 0 Å². The van der Waals surface area contributed by atoms with Gasteiger partial charge in [0.15, 0.2) is 0 Å². The third kappa shape index (κ3) is 3.24. The van der Waals surface area contributed by atoms with E-state index in [-0.39, 0.29) is 0 Å². The van der Waals surface area contributed by atoms with Gasteiger partial charge in [-0.05, 0) is 51.7 Å². The van der Waals surface area contributed by atoms with Crippen LogP contribution in [0.2, 0.25) is 0 Å². The Labute approximate surface area is 169 Å². The number of H-pyrrole nitrogens is 1. The van der Waals surface area contributed by atoms with Crippen molar-refractivity contribution in [3.8, 4) is 11.3 Å². The van der Waals surface area contributed by atoms with E-state index in [1.54, 1.807) is 0 Å². The van der Waals surface area contributed by atoms with Gasteiger partial charge < -0.3 is 4.90 Å². The Morgan fingerprint density at radius 2 is 1.82 bits per heavy atom. The van der Waals surface area contributed by atoms with Crippen LogP contribution in [0.4, 0.5) is 0 Å². The quantitative estimate of drug-likeness (QED) is 0.534. The number of piperidine rings is 1. The van der Waals surface area contributed by atoms with Gasteiger partial charge in [-0.3, -0.25) is 10.00 Å². The van der Waals surface area contributed by atoms with E-state index in [1.165, 1.54) is 51.8 Å². The van der Waals surface area contributed by atoms with Crippen molar-refractivity contribution in [2.24, 2.45) is 0 Å². The standard InChI is InChI=1S/C23H26N4S/c1-26(2)18-11-13-27(14-12-18)15-16-7-9-17(10-8-16)21-23-22(25-24-21)19-5-3-4-6-20(19)28-23/h3-10,18H,11-15H2,1-2H3,(H,24,25). The Hall–Kier alpha value is -2.21. The summed E-state index contributed by atoms with van der Waals surface area (Å²) in [6, 6.07) is 18.2. The summed E-state index contributed by atoms with van der Waals surface area (Å²) in [5.41, 5.74) is 4.79. The van der Waals surface area contributed by atoms with Gasteiger partial charge in [0.1, 0.15) is 5.69 Å². The van der Waals surface area contributed by atoms with Gasteiger partial charge in [-0.2, -0.15) is 5.10 Å². The monoisotopic (exact) mass is 390 g/mol. The number of nitrogens with zero attached hydrogens (tertiary/aromatic N) is 3. The molecule has 0 aliphatic carbocycles. The molecular formula is C23H26N4S. The first-order valence-electron chi connectivity index (χ1n) is 10.0. The van der Waals surface area contributed by atoms with Crippen molar-refractivity contribution in [2.75, 3.05) is 27.2 Å². The lowest BCUT2D eigenvalue weighted by Crippen LogP contribution is -2.41. The van der Waals surface area contributed by atoms with Gasteiger partial charge in [-0.1, -0.05) is 42.5 Å². The third-order valence-electron chi connectivity index (χ3n) is 6.01. The first-order valence-corrected chi connectivity index (χ1v) is 10.8. The number of likely N-dealkylation sites (tertiary alicyclic amines) is 1. The van der Waals surface area contributed by atoms with E-state index in [2.05, 4.69) is 82.6 Å². The lowest BCUT2D eigenvalue weighted by atomic mass is 10.0. The molecule has 1 aliphatic rings. The fraction of sp³-hybridized carbons (Fsp3) is 0.348. The molecule has 1 N–H and O–H groups in total. The predicted octanol–water partition coefficient (Wildman–Crippen LogP) is 4.97. The highest BCUT2D eigenvalue weighted by molar-refractivity contribution is 7.26. The van der Waals surface area contributed by atoms with E-state index in [1.807, 2.05) is 11.3 Å². The van der Waals surface area contributed by atoms with E-state index in [9.17, 15) is 0 Å². The minimum Gasteiger partial charge on any atom is -0.306 e. The van der Waals surface area contributed by atoms with Gasteiger partial charge in [0.25, 0.3) is 0 Å². The molecule has 2 aromatic heterocycles. The van der Waals surface area contributed by atoms with Crippen LogP contribution in [-0.4, -0.2) is 53.2 Å². The number of fused-ring (bicyclic) bond motifs is 3. The second kappa shape index (κ2) is 7.32. The summed E-state index contributed by atoms with van der Waals surface area (Å²) in [6.45, 7) is 3.41. The fourth-order valence-electron chi connectivity index (χ4n) is 4.30. The van der Waals surface area contributed by atoms with Gasteiger partial charge in [0, 0.05) is 28.2 Å². The summed E-state index contributed by atoms with van der Waals surface area (Å²) in [5, 5.41) is 9.13. The first kappa shape index (κ1) is 17.9. The summed E-state index contributed by atoms with van der Waals surface area (Å²) < 4.78 is 2.56. The SMILES string of the molecule is CN(C)C1CCN(Cc2ccc(-c3n[nH]c4c3sc3ccccc34)cc2)CC1. The number of hydrogen-bond donors (Lipinski definition) is 1. The molecule has 0 saturated carbocycles. The van der Waals surface area contributed by atoms with Crippen molar-refractivity contribution in [3.63, 3.8) is 0 Å². The second-order valence-electron chi connectivity index (χ2n) is 8.04. The van der Waals surface area contributed by atoms with Crippen LogP contribution in [0.5, 0.6) is 0 Å². The topological polar surface area (TPSA) is 35.2 Å². The van der Waals surface area contributed by atoms with Crippen LogP contribution in [0, 0.1) is 0 Å². The number of aromatic amines is 1. The van der Waals surface area contributed by atoms with E-state index in [0.29, 0.717) is 0 Å². The van der Waals surface area contributed by atoms with Gasteiger partial charge in [0.2, 0.25) is 0 Å². The number of nitrogens with one attached hydrogen (secondary N) is 1. The maximum atomic E-state index is 4.62. The van der Waals surface area contributed by atoms with Crippen molar-refractivity contribution in [3.05, 3.63) is 54.1 Å². The van der Waals surface area contributed by atoms with Crippen LogP contribution in [0.25, 0.3) is 31.6 Å². The largest absolute Gasteiger partial charge is 0.306 e. The number of rotatable bonds is 4. The molecule has 144 valence electrons. The molecule has 3 heterocycles. The number of benzene rings is 2. The molecule has 5 heteroatoms. The molecule has 0 amide bonds. The number of hydrogen-bond acceptors (Lipinski definition) is 4. The summed E-state index contributed by atoms with van der Waals surface area (Å²) in [4.78, 5) is 4.94. The van der Waals surface area contributed by atoms with E-state index < -0.39 is 0 Å². The maximum absolute atomic E-state index is 4.62. The lowest BCUT2D eigenvalue weighted by molar-refractivity contribution is 0.140. The second-order valence-corrected chi connectivity index (χ2v) is 9.09. The summed E-state index contributed by atoms with van der Waals surface area (Å²) in [7, 11) is 4.39. The molecule has 4 nitrogen and oxygen atoms in total. The maximum Gasteiger partial charge on any atom is 0.110 e. The molecule has 0 bridgehead atoms. The average molecular weight is 391 g/mol. The van der Waals surface area contributed by atoms with Crippen LogP contribution in [0.15, 0.2) is 48.5 Å². The van der Waals surface area contributed by atoms with Gasteiger partial charge in [0.05, 0.1) is 10.2 Å². The Morgan fingerprint density at radius 1 is 1.07 bits per heavy atom. The molecule has 1 saturated heterocycles. The minimum absolute atomic E-state index is 0.738.